The van der Waals surface area contributed by atoms with Gasteiger partial charge in [0.1, 0.15) is 0 Å². The average Bonchev–Trinajstić information content (AvgIpc) is 2.90. The molecule has 0 spiro atoms. The van der Waals surface area contributed by atoms with Gasteiger partial charge in [0.05, 0.1) is 5.56 Å². The van der Waals surface area contributed by atoms with Crippen molar-refractivity contribution in [3.8, 4) is 0 Å². The zero-order chi connectivity index (χ0) is 13.0. The molecule has 0 saturated carbocycles. The van der Waals surface area contributed by atoms with Crippen LogP contribution in [0.25, 0.3) is 0 Å². The molecular weight excluding hydrogens is 246 g/mol. The van der Waals surface area contributed by atoms with Gasteiger partial charge in [0.2, 0.25) is 0 Å². The highest BCUT2D eigenvalue weighted by atomic mass is 32.1. The van der Waals surface area contributed by atoms with Crippen LogP contribution in [0.5, 0.6) is 0 Å². The Morgan fingerprint density at radius 3 is 2.94 bits per heavy atom. The maximum absolute atomic E-state index is 10.9. The van der Waals surface area contributed by atoms with Crippen molar-refractivity contribution in [3.05, 3.63) is 57.8 Å². The Balaban J connectivity index is 1.98. The van der Waals surface area contributed by atoms with Crippen LogP contribution in [0.1, 0.15) is 34.5 Å². The van der Waals surface area contributed by atoms with Gasteiger partial charge in [-0.3, -0.25) is 0 Å². The van der Waals surface area contributed by atoms with Crippen molar-refractivity contribution >= 4 is 17.3 Å². The van der Waals surface area contributed by atoms with Gasteiger partial charge in [-0.15, -0.1) is 0 Å². The lowest BCUT2D eigenvalue weighted by molar-refractivity contribution is 0.0696. The van der Waals surface area contributed by atoms with Gasteiger partial charge in [-0.25, -0.2) is 4.79 Å². The number of nitrogens with one attached hydrogen (secondary N) is 1. The fourth-order valence-electron chi connectivity index (χ4n) is 1.72. The molecule has 4 heteroatoms. The largest absolute Gasteiger partial charge is 0.478 e. The molecule has 1 unspecified atom stereocenters. The minimum Gasteiger partial charge on any atom is -0.478 e. The van der Waals surface area contributed by atoms with Gasteiger partial charge in [-0.1, -0.05) is 12.1 Å². The molecule has 18 heavy (non-hydrogen) atoms. The van der Waals surface area contributed by atoms with E-state index in [-0.39, 0.29) is 6.04 Å². The predicted molar refractivity (Wildman–Crippen MR) is 73.0 cm³/mol. The molecule has 1 aromatic carbocycles. The number of hydrogen-bond donors (Lipinski definition) is 2. The third kappa shape index (κ3) is 3.18. The zero-order valence-electron chi connectivity index (χ0n) is 10.1. The third-order valence-corrected chi connectivity index (χ3v) is 3.53. The van der Waals surface area contributed by atoms with Crippen LogP contribution >= 0.6 is 11.3 Å². The number of thiophene rings is 1. The van der Waals surface area contributed by atoms with E-state index in [1.54, 1.807) is 29.5 Å². The molecule has 1 heterocycles. The quantitative estimate of drug-likeness (QED) is 0.868. The average molecular weight is 261 g/mol. The standard InChI is InChI=1S/C14H15NO2S/c1-10(13-5-6-18-9-13)15-8-11-3-2-4-12(7-11)14(16)17/h2-7,9-10,15H,8H2,1H3,(H,16,17). The van der Waals surface area contributed by atoms with Crippen molar-refractivity contribution in [2.45, 2.75) is 19.5 Å². The van der Waals surface area contributed by atoms with Crippen LogP contribution < -0.4 is 5.32 Å². The second kappa shape index (κ2) is 5.80. The van der Waals surface area contributed by atoms with Gasteiger partial charge >= 0.3 is 5.97 Å². The molecule has 0 saturated heterocycles. The summed E-state index contributed by atoms with van der Waals surface area (Å²) in [6.07, 6.45) is 0. The molecule has 0 fully saturated rings. The molecule has 0 radical (unpaired) electrons. The van der Waals surface area contributed by atoms with E-state index in [4.69, 9.17) is 5.11 Å². The highest BCUT2D eigenvalue weighted by Gasteiger charge is 2.06. The second-order valence-electron chi connectivity index (χ2n) is 4.16. The van der Waals surface area contributed by atoms with Crippen LogP contribution in [0.2, 0.25) is 0 Å². The molecule has 3 nitrogen and oxygen atoms in total. The Labute approximate surface area is 110 Å². The SMILES string of the molecule is CC(NCc1cccc(C(=O)O)c1)c1ccsc1. The molecule has 2 aromatic rings. The summed E-state index contributed by atoms with van der Waals surface area (Å²) in [7, 11) is 0. The van der Waals surface area contributed by atoms with Gasteiger partial charge in [0, 0.05) is 12.6 Å². The summed E-state index contributed by atoms with van der Waals surface area (Å²) >= 11 is 1.68. The first-order valence-corrected chi connectivity index (χ1v) is 6.69. The van der Waals surface area contributed by atoms with Crippen LogP contribution in [0.4, 0.5) is 0 Å². The Morgan fingerprint density at radius 2 is 2.28 bits per heavy atom. The van der Waals surface area contributed by atoms with Crippen molar-refractivity contribution in [1.29, 1.82) is 0 Å². The maximum atomic E-state index is 10.9. The van der Waals surface area contributed by atoms with Crippen LogP contribution in [-0.2, 0) is 6.54 Å². The number of hydrogen-bond acceptors (Lipinski definition) is 3. The molecular formula is C14H15NO2S. The monoisotopic (exact) mass is 261 g/mol. The van der Waals surface area contributed by atoms with Crippen LogP contribution in [0.15, 0.2) is 41.1 Å². The molecule has 0 amide bonds. The number of aromatic carboxylic acids is 1. The van der Waals surface area contributed by atoms with Crippen molar-refractivity contribution in [2.75, 3.05) is 0 Å². The summed E-state index contributed by atoms with van der Waals surface area (Å²) in [6.45, 7) is 2.77. The minimum absolute atomic E-state index is 0.268. The minimum atomic E-state index is -0.886. The van der Waals surface area contributed by atoms with Crippen molar-refractivity contribution in [2.24, 2.45) is 0 Å². The van der Waals surface area contributed by atoms with E-state index >= 15 is 0 Å². The first kappa shape index (κ1) is 12.8. The Bertz CT molecular complexity index is 522. The van der Waals surface area contributed by atoms with Gasteiger partial charge < -0.3 is 10.4 Å². The Kier molecular flexibility index (Phi) is 4.12. The van der Waals surface area contributed by atoms with Crippen LogP contribution in [-0.4, -0.2) is 11.1 Å². The van der Waals surface area contributed by atoms with E-state index in [0.29, 0.717) is 12.1 Å². The lowest BCUT2D eigenvalue weighted by Crippen LogP contribution is -2.17. The summed E-state index contributed by atoms with van der Waals surface area (Å²) in [6, 6.07) is 9.37. The number of rotatable bonds is 5. The highest BCUT2D eigenvalue weighted by Crippen LogP contribution is 2.16. The molecule has 1 atom stereocenters. The predicted octanol–water partition coefficient (Wildman–Crippen LogP) is 3.30. The number of carbonyl (C=O) groups is 1. The fraction of sp³-hybridized carbons (Fsp3) is 0.214. The second-order valence-corrected chi connectivity index (χ2v) is 4.94. The summed E-state index contributed by atoms with van der Waals surface area (Å²) in [5.74, 6) is -0.886. The molecule has 94 valence electrons. The molecule has 0 aliphatic heterocycles. The van der Waals surface area contributed by atoms with E-state index in [9.17, 15) is 4.79 Å². The zero-order valence-corrected chi connectivity index (χ0v) is 10.9. The van der Waals surface area contributed by atoms with Crippen molar-refractivity contribution in [1.82, 2.24) is 5.32 Å². The van der Waals surface area contributed by atoms with Crippen molar-refractivity contribution < 1.29 is 9.90 Å². The lowest BCUT2D eigenvalue weighted by Gasteiger charge is -2.12. The molecule has 0 bridgehead atoms. The van der Waals surface area contributed by atoms with E-state index in [1.165, 1.54) is 5.56 Å². The van der Waals surface area contributed by atoms with Gasteiger partial charge in [0.25, 0.3) is 0 Å². The van der Waals surface area contributed by atoms with Gasteiger partial charge in [-0.2, -0.15) is 11.3 Å². The number of carboxylic acids is 1. The highest BCUT2D eigenvalue weighted by molar-refractivity contribution is 7.07. The molecule has 2 N–H and O–H groups in total. The molecule has 1 aromatic heterocycles. The van der Waals surface area contributed by atoms with Gasteiger partial charge in [0.15, 0.2) is 0 Å². The maximum Gasteiger partial charge on any atom is 0.335 e. The topological polar surface area (TPSA) is 49.3 Å². The summed E-state index contributed by atoms with van der Waals surface area (Å²) < 4.78 is 0. The van der Waals surface area contributed by atoms with Crippen molar-refractivity contribution in [3.63, 3.8) is 0 Å². The van der Waals surface area contributed by atoms with Gasteiger partial charge in [-0.05, 0) is 47.0 Å². The van der Waals surface area contributed by atoms with E-state index in [1.807, 2.05) is 6.07 Å². The normalized spacial score (nSPS) is 12.3. The van der Waals surface area contributed by atoms with E-state index < -0.39 is 5.97 Å². The third-order valence-electron chi connectivity index (χ3n) is 2.83. The molecule has 2 rings (SSSR count). The summed E-state index contributed by atoms with van der Waals surface area (Å²) in [5, 5.41) is 16.5. The smallest absolute Gasteiger partial charge is 0.335 e. The Morgan fingerprint density at radius 1 is 1.44 bits per heavy atom. The summed E-state index contributed by atoms with van der Waals surface area (Å²) in [5.41, 5.74) is 2.57. The van der Waals surface area contributed by atoms with E-state index in [0.717, 1.165) is 5.56 Å². The first-order valence-electron chi connectivity index (χ1n) is 5.74. The number of benzene rings is 1. The van der Waals surface area contributed by atoms with Crippen LogP contribution in [0, 0.1) is 0 Å². The first-order chi connectivity index (χ1) is 8.66. The summed E-state index contributed by atoms with van der Waals surface area (Å²) in [4.78, 5) is 10.9. The Hall–Kier alpha value is -1.65. The molecule has 0 aliphatic rings. The molecule has 0 aliphatic carbocycles. The van der Waals surface area contributed by atoms with Crippen LogP contribution in [0.3, 0.4) is 0 Å². The lowest BCUT2D eigenvalue weighted by atomic mass is 10.1. The fourth-order valence-corrected chi connectivity index (χ4v) is 2.48. The number of carboxylic acid groups (broad SMARTS) is 1. The van der Waals surface area contributed by atoms with E-state index in [2.05, 4.69) is 29.1 Å².